The molecule has 1 fully saturated rings. The van der Waals surface area contributed by atoms with Crippen LogP contribution in [-0.4, -0.2) is 18.0 Å². The molecule has 1 saturated heterocycles. The molecule has 0 amide bonds. The smallest absolute Gasteiger partial charge is 0.111 e. The summed E-state index contributed by atoms with van der Waals surface area (Å²) < 4.78 is 0. The first-order chi connectivity index (χ1) is 7.27. The Morgan fingerprint density at radius 2 is 1.80 bits per heavy atom. The highest BCUT2D eigenvalue weighted by Gasteiger charge is 2.22. The summed E-state index contributed by atoms with van der Waals surface area (Å²) in [5, 5.41) is 0. The van der Waals surface area contributed by atoms with Gasteiger partial charge >= 0.3 is 0 Å². The van der Waals surface area contributed by atoms with E-state index in [0.29, 0.717) is 0 Å². The zero-order chi connectivity index (χ0) is 10.7. The average molecular weight is 224 g/mol. The summed E-state index contributed by atoms with van der Waals surface area (Å²) in [6.07, 6.45) is 2.55. The van der Waals surface area contributed by atoms with E-state index in [1.54, 1.807) is 0 Å². The molecule has 1 unspecified atom stereocenters. The maximum absolute atomic E-state index is 6.46. The molecule has 0 bridgehead atoms. The van der Waals surface area contributed by atoms with Gasteiger partial charge in [-0.15, -0.1) is 11.6 Å². The third-order valence-corrected chi connectivity index (χ3v) is 3.74. The van der Waals surface area contributed by atoms with Gasteiger partial charge < -0.3 is 0 Å². The number of alkyl halides is 1. The molecule has 0 aliphatic carbocycles. The maximum Gasteiger partial charge on any atom is 0.111 e. The summed E-state index contributed by atoms with van der Waals surface area (Å²) in [7, 11) is 0. The van der Waals surface area contributed by atoms with Crippen molar-refractivity contribution >= 4 is 11.6 Å². The number of likely N-dealkylation sites (tertiary alicyclic amines) is 1. The maximum atomic E-state index is 6.46. The first-order valence-electron chi connectivity index (χ1n) is 5.70. The second kappa shape index (κ2) is 5.00. The van der Waals surface area contributed by atoms with E-state index in [9.17, 15) is 0 Å². The molecule has 0 radical (unpaired) electrons. The molecular weight excluding hydrogens is 206 g/mol. The predicted molar refractivity (Wildman–Crippen MR) is 65.0 cm³/mol. The molecule has 0 spiro atoms. The monoisotopic (exact) mass is 223 g/mol. The molecule has 0 aromatic heterocycles. The van der Waals surface area contributed by atoms with Crippen molar-refractivity contribution in [3.63, 3.8) is 0 Å². The molecule has 1 aliphatic rings. The van der Waals surface area contributed by atoms with Crippen LogP contribution < -0.4 is 0 Å². The van der Waals surface area contributed by atoms with Crippen LogP contribution >= 0.6 is 11.6 Å². The van der Waals surface area contributed by atoms with Gasteiger partial charge in [0.1, 0.15) is 5.50 Å². The van der Waals surface area contributed by atoms with Crippen LogP contribution in [0.1, 0.15) is 30.8 Å². The minimum atomic E-state index is 0.0544. The van der Waals surface area contributed by atoms with Crippen molar-refractivity contribution in [1.82, 2.24) is 4.90 Å². The lowest BCUT2D eigenvalue weighted by Crippen LogP contribution is -2.34. The average Bonchev–Trinajstić information content (AvgIpc) is 2.30. The zero-order valence-electron chi connectivity index (χ0n) is 9.20. The van der Waals surface area contributed by atoms with Crippen LogP contribution in [0.2, 0.25) is 0 Å². The van der Waals surface area contributed by atoms with E-state index in [-0.39, 0.29) is 5.50 Å². The lowest BCUT2D eigenvalue weighted by Gasteiger charge is -2.33. The standard InChI is InChI=1S/C13H18ClN/c1-11-7-9-15(10-8-11)13(14)12-5-3-2-4-6-12/h2-6,11,13H,7-10H2,1H3. The fraction of sp³-hybridized carbons (Fsp3) is 0.538. The van der Waals surface area contributed by atoms with E-state index >= 15 is 0 Å². The fourth-order valence-corrected chi connectivity index (χ4v) is 2.42. The van der Waals surface area contributed by atoms with Crippen LogP contribution in [0.3, 0.4) is 0 Å². The Labute approximate surface area is 97.0 Å². The van der Waals surface area contributed by atoms with Gasteiger partial charge in [0.05, 0.1) is 0 Å². The molecule has 1 nitrogen and oxygen atoms in total. The Hall–Kier alpha value is -0.530. The molecule has 1 aliphatic heterocycles. The first kappa shape index (κ1) is 11.0. The quantitative estimate of drug-likeness (QED) is 0.547. The van der Waals surface area contributed by atoms with Gasteiger partial charge in [0.15, 0.2) is 0 Å². The number of hydrogen-bond donors (Lipinski definition) is 0. The van der Waals surface area contributed by atoms with Gasteiger partial charge in [-0.25, -0.2) is 0 Å². The number of rotatable bonds is 2. The molecule has 82 valence electrons. The molecule has 15 heavy (non-hydrogen) atoms. The molecule has 1 heterocycles. The van der Waals surface area contributed by atoms with E-state index < -0.39 is 0 Å². The van der Waals surface area contributed by atoms with Crippen molar-refractivity contribution in [1.29, 1.82) is 0 Å². The fourth-order valence-electron chi connectivity index (χ4n) is 2.08. The van der Waals surface area contributed by atoms with Gasteiger partial charge in [-0.3, -0.25) is 4.90 Å². The predicted octanol–water partition coefficient (Wildman–Crippen LogP) is 3.66. The molecule has 2 heteroatoms. The summed E-state index contributed by atoms with van der Waals surface area (Å²) in [5.74, 6) is 0.862. The minimum absolute atomic E-state index is 0.0544. The molecule has 1 aromatic rings. The van der Waals surface area contributed by atoms with Crippen LogP contribution in [0.25, 0.3) is 0 Å². The topological polar surface area (TPSA) is 3.24 Å². The van der Waals surface area contributed by atoms with E-state index in [0.717, 1.165) is 19.0 Å². The van der Waals surface area contributed by atoms with Crippen LogP contribution in [-0.2, 0) is 0 Å². The zero-order valence-corrected chi connectivity index (χ0v) is 9.95. The van der Waals surface area contributed by atoms with E-state index in [2.05, 4.69) is 36.1 Å². The van der Waals surface area contributed by atoms with Crippen molar-refractivity contribution in [3.8, 4) is 0 Å². The van der Waals surface area contributed by atoms with Gasteiger partial charge in [-0.1, -0.05) is 37.3 Å². The van der Waals surface area contributed by atoms with Crippen LogP contribution in [0, 0.1) is 5.92 Å². The highest BCUT2D eigenvalue weighted by Crippen LogP contribution is 2.29. The SMILES string of the molecule is CC1CCN(C(Cl)c2ccccc2)CC1. The molecule has 0 saturated carbocycles. The number of nitrogens with zero attached hydrogens (tertiary/aromatic N) is 1. The third-order valence-electron chi connectivity index (χ3n) is 3.21. The lowest BCUT2D eigenvalue weighted by molar-refractivity contribution is 0.177. The summed E-state index contributed by atoms with van der Waals surface area (Å²) in [6.45, 7) is 4.58. The minimum Gasteiger partial charge on any atom is -0.284 e. The van der Waals surface area contributed by atoms with E-state index in [4.69, 9.17) is 11.6 Å². The molecule has 1 atom stereocenters. The van der Waals surface area contributed by atoms with Crippen molar-refractivity contribution in [2.24, 2.45) is 5.92 Å². The Bertz CT molecular complexity index is 291. The first-order valence-corrected chi connectivity index (χ1v) is 6.14. The van der Waals surface area contributed by atoms with Crippen molar-refractivity contribution < 1.29 is 0 Å². The summed E-state index contributed by atoms with van der Waals surface area (Å²) >= 11 is 6.46. The number of piperidine rings is 1. The van der Waals surface area contributed by atoms with Crippen LogP contribution in [0.5, 0.6) is 0 Å². The Kier molecular flexibility index (Phi) is 3.66. The summed E-state index contributed by atoms with van der Waals surface area (Å²) in [6, 6.07) is 10.4. The largest absolute Gasteiger partial charge is 0.284 e. The van der Waals surface area contributed by atoms with Crippen molar-refractivity contribution in [2.75, 3.05) is 13.1 Å². The molecule has 0 N–H and O–H groups in total. The van der Waals surface area contributed by atoms with Crippen LogP contribution in [0.15, 0.2) is 30.3 Å². The van der Waals surface area contributed by atoms with Gasteiger partial charge in [0.2, 0.25) is 0 Å². The van der Waals surface area contributed by atoms with Crippen molar-refractivity contribution in [2.45, 2.75) is 25.3 Å². The number of halogens is 1. The second-order valence-electron chi connectivity index (χ2n) is 4.46. The van der Waals surface area contributed by atoms with Crippen molar-refractivity contribution in [3.05, 3.63) is 35.9 Å². The van der Waals surface area contributed by atoms with Gasteiger partial charge in [-0.05, 0) is 24.3 Å². The van der Waals surface area contributed by atoms with E-state index in [1.807, 2.05) is 6.07 Å². The third kappa shape index (κ3) is 2.73. The van der Waals surface area contributed by atoms with Gasteiger partial charge in [-0.2, -0.15) is 0 Å². The Morgan fingerprint density at radius 3 is 2.40 bits per heavy atom. The number of benzene rings is 1. The normalized spacial score (nSPS) is 21.5. The Balaban J connectivity index is 1.99. The van der Waals surface area contributed by atoms with Gasteiger partial charge in [0.25, 0.3) is 0 Å². The molecular formula is C13H18ClN. The van der Waals surface area contributed by atoms with E-state index in [1.165, 1.54) is 18.4 Å². The highest BCUT2D eigenvalue weighted by atomic mass is 35.5. The molecule has 1 aromatic carbocycles. The molecule has 2 rings (SSSR count). The summed E-state index contributed by atoms with van der Waals surface area (Å²) in [4.78, 5) is 2.37. The second-order valence-corrected chi connectivity index (χ2v) is 4.88. The van der Waals surface area contributed by atoms with Crippen LogP contribution in [0.4, 0.5) is 0 Å². The van der Waals surface area contributed by atoms with Gasteiger partial charge in [0, 0.05) is 13.1 Å². The highest BCUT2D eigenvalue weighted by molar-refractivity contribution is 6.20. The Morgan fingerprint density at radius 1 is 1.20 bits per heavy atom. The lowest BCUT2D eigenvalue weighted by atomic mass is 9.99. The number of hydrogen-bond acceptors (Lipinski definition) is 1. The summed E-state index contributed by atoms with van der Waals surface area (Å²) in [5.41, 5.74) is 1.27.